The first-order valence-electron chi connectivity index (χ1n) is 7.42. The molecule has 0 saturated carbocycles. The molecule has 0 aliphatic heterocycles. The predicted octanol–water partition coefficient (Wildman–Crippen LogP) is 4.30. The Kier molecular flexibility index (Phi) is 4.35. The van der Waals surface area contributed by atoms with Gasteiger partial charge in [-0.3, -0.25) is 4.79 Å². The van der Waals surface area contributed by atoms with E-state index in [1.807, 2.05) is 60.9 Å². The third kappa shape index (κ3) is 3.22. The van der Waals surface area contributed by atoms with Gasteiger partial charge in [-0.15, -0.1) is 0 Å². The molecule has 0 aliphatic rings. The zero-order valence-electron chi connectivity index (χ0n) is 13.0. The number of hydrogen-bond acceptors (Lipinski definition) is 3. The summed E-state index contributed by atoms with van der Waals surface area (Å²) in [6.45, 7) is 3.82. The van der Waals surface area contributed by atoms with Crippen molar-refractivity contribution in [2.75, 3.05) is 0 Å². The largest absolute Gasteiger partial charge is 0.456 e. The summed E-state index contributed by atoms with van der Waals surface area (Å²) < 4.78 is 7.38. The number of carbonyl (C=O) groups excluding carboxylic acids is 1. The fraction of sp³-hybridized carbons (Fsp3) is 0.222. The average molecular weight is 329 g/mol. The van der Waals surface area contributed by atoms with Crippen LogP contribution in [0.3, 0.4) is 0 Å². The highest BCUT2D eigenvalue weighted by molar-refractivity contribution is 6.31. The highest BCUT2D eigenvalue weighted by atomic mass is 35.5. The van der Waals surface area contributed by atoms with Crippen LogP contribution in [-0.2, 0) is 16.1 Å². The van der Waals surface area contributed by atoms with Crippen LogP contribution in [0.15, 0.2) is 48.5 Å². The summed E-state index contributed by atoms with van der Waals surface area (Å²) in [5, 5.41) is 0.595. The van der Waals surface area contributed by atoms with Crippen molar-refractivity contribution in [1.82, 2.24) is 9.55 Å². The van der Waals surface area contributed by atoms with Crippen LogP contribution in [0.2, 0.25) is 5.02 Å². The van der Waals surface area contributed by atoms with Crippen molar-refractivity contribution in [2.45, 2.75) is 26.5 Å². The number of hydrogen-bond donors (Lipinski definition) is 0. The van der Waals surface area contributed by atoms with Gasteiger partial charge < -0.3 is 9.30 Å². The first-order chi connectivity index (χ1) is 11.1. The van der Waals surface area contributed by atoms with Crippen molar-refractivity contribution in [3.05, 3.63) is 64.9 Å². The predicted molar refractivity (Wildman–Crippen MR) is 90.4 cm³/mol. The van der Waals surface area contributed by atoms with Gasteiger partial charge in [0.05, 0.1) is 11.0 Å². The Balaban J connectivity index is 1.76. The SMILES string of the molecule is Cc1nc2ccccc2n1CC(=O)O[C@@H](C)c1ccccc1Cl. The number of benzene rings is 2. The van der Waals surface area contributed by atoms with Gasteiger partial charge in [-0.05, 0) is 32.0 Å². The van der Waals surface area contributed by atoms with Gasteiger partial charge in [0, 0.05) is 10.6 Å². The summed E-state index contributed by atoms with van der Waals surface area (Å²) in [5.41, 5.74) is 2.60. The maximum Gasteiger partial charge on any atom is 0.326 e. The Morgan fingerprint density at radius 2 is 1.91 bits per heavy atom. The lowest BCUT2D eigenvalue weighted by atomic mass is 10.1. The monoisotopic (exact) mass is 328 g/mol. The van der Waals surface area contributed by atoms with Crippen LogP contribution in [-0.4, -0.2) is 15.5 Å². The van der Waals surface area contributed by atoms with Crippen molar-refractivity contribution in [2.24, 2.45) is 0 Å². The van der Waals surface area contributed by atoms with Crippen molar-refractivity contribution in [3.8, 4) is 0 Å². The minimum Gasteiger partial charge on any atom is -0.456 e. The zero-order valence-corrected chi connectivity index (χ0v) is 13.7. The molecular weight excluding hydrogens is 312 g/mol. The van der Waals surface area contributed by atoms with Gasteiger partial charge in [0.15, 0.2) is 0 Å². The summed E-state index contributed by atoms with van der Waals surface area (Å²) in [4.78, 5) is 16.7. The van der Waals surface area contributed by atoms with Gasteiger partial charge in [-0.2, -0.15) is 0 Å². The molecule has 5 heteroatoms. The molecule has 0 amide bonds. The number of halogens is 1. The van der Waals surface area contributed by atoms with Crippen LogP contribution < -0.4 is 0 Å². The summed E-state index contributed by atoms with van der Waals surface area (Å²) in [5.74, 6) is 0.470. The summed E-state index contributed by atoms with van der Waals surface area (Å²) in [6.07, 6.45) is -0.397. The third-order valence-electron chi connectivity index (χ3n) is 3.78. The highest BCUT2D eigenvalue weighted by Crippen LogP contribution is 2.25. The van der Waals surface area contributed by atoms with Gasteiger partial charge in [0.25, 0.3) is 0 Å². The second-order valence-corrected chi connectivity index (χ2v) is 5.79. The fourth-order valence-corrected chi connectivity index (χ4v) is 2.92. The second kappa shape index (κ2) is 6.42. The molecule has 2 aromatic carbocycles. The molecule has 3 aromatic rings. The number of esters is 1. The second-order valence-electron chi connectivity index (χ2n) is 5.39. The van der Waals surface area contributed by atoms with Crippen LogP contribution in [0, 0.1) is 6.92 Å². The number of imidazole rings is 1. The van der Waals surface area contributed by atoms with Crippen molar-refractivity contribution in [1.29, 1.82) is 0 Å². The van der Waals surface area contributed by atoms with Crippen LogP contribution >= 0.6 is 11.6 Å². The molecule has 0 unspecified atom stereocenters. The molecule has 1 atom stereocenters. The Bertz CT molecular complexity index is 857. The first-order valence-corrected chi connectivity index (χ1v) is 7.80. The number of para-hydroxylation sites is 2. The lowest BCUT2D eigenvalue weighted by molar-refractivity contribution is -0.149. The summed E-state index contributed by atoms with van der Waals surface area (Å²) >= 11 is 6.14. The van der Waals surface area contributed by atoms with Gasteiger partial charge in [0.1, 0.15) is 18.5 Å². The first kappa shape index (κ1) is 15.6. The van der Waals surface area contributed by atoms with E-state index in [0.717, 1.165) is 22.4 Å². The van der Waals surface area contributed by atoms with E-state index in [2.05, 4.69) is 4.98 Å². The maximum absolute atomic E-state index is 12.3. The average Bonchev–Trinajstić information content (AvgIpc) is 2.83. The molecule has 3 rings (SSSR count). The Hall–Kier alpha value is -2.33. The van der Waals surface area contributed by atoms with E-state index in [1.165, 1.54) is 0 Å². The molecule has 0 fully saturated rings. The normalized spacial score (nSPS) is 12.3. The van der Waals surface area contributed by atoms with E-state index in [-0.39, 0.29) is 12.5 Å². The van der Waals surface area contributed by atoms with Crippen molar-refractivity contribution in [3.63, 3.8) is 0 Å². The summed E-state index contributed by atoms with van der Waals surface area (Å²) in [7, 11) is 0. The third-order valence-corrected chi connectivity index (χ3v) is 4.13. The fourth-order valence-electron chi connectivity index (χ4n) is 2.63. The zero-order chi connectivity index (χ0) is 16.4. The maximum atomic E-state index is 12.3. The van der Waals surface area contributed by atoms with E-state index < -0.39 is 6.10 Å². The minimum atomic E-state index is -0.397. The van der Waals surface area contributed by atoms with Gasteiger partial charge >= 0.3 is 5.97 Å². The number of aromatic nitrogens is 2. The standard InChI is InChI=1S/C18H17ClN2O2/c1-12(14-7-3-4-8-15(14)19)23-18(22)11-21-13(2)20-16-9-5-6-10-17(16)21/h3-10,12H,11H2,1-2H3/t12-/m0/s1. The van der Waals surface area contributed by atoms with Crippen molar-refractivity contribution < 1.29 is 9.53 Å². The van der Waals surface area contributed by atoms with E-state index in [1.54, 1.807) is 6.07 Å². The Morgan fingerprint density at radius 1 is 1.22 bits per heavy atom. The molecule has 0 N–H and O–H groups in total. The molecule has 1 heterocycles. The molecular formula is C18H17ClN2O2. The minimum absolute atomic E-state index is 0.126. The molecule has 0 saturated heterocycles. The van der Waals surface area contributed by atoms with E-state index in [9.17, 15) is 4.79 Å². The molecule has 0 spiro atoms. The number of aryl methyl sites for hydroxylation is 1. The number of fused-ring (bicyclic) bond motifs is 1. The number of carbonyl (C=O) groups is 1. The number of ether oxygens (including phenoxy) is 1. The Labute approximate surface area is 139 Å². The van der Waals surface area contributed by atoms with Gasteiger partial charge in [0.2, 0.25) is 0 Å². The summed E-state index contributed by atoms with van der Waals surface area (Å²) in [6, 6.07) is 15.1. The van der Waals surface area contributed by atoms with Gasteiger partial charge in [-0.1, -0.05) is 41.9 Å². The van der Waals surface area contributed by atoms with E-state index in [4.69, 9.17) is 16.3 Å². The lowest BCUT2D eigenvalue weighted by Crippen LogP contribution is -2.16. The van der Waals surface area contributed by atoms with Crippen molar-refractivity contribution >= 4 is 28.6 Å². The molecule has 0 bridgehead atoms. The molecule has 4 nitrogen and oxygen atoms in total. The van der Waals surface area contributed by atoms with Crippen LogP contribution in [0.1, 0.15) is 24.4 Å². The number of rotatable bonds is 4. The van der Waals surface area contributed by atoms with Gasteiger partial charge in [-0.25, -0.2) is 4.98 Å². The van der Waals surface area contributed by atoms with Crippen LogP contribution in [0.4, 0.5) is 0 Å². The highest BCUT2D eigenvalue weighted by Gasteiger charge is 2.16. The van der Waals surface area contributed by atoms with E-state index in [0.29, 0.717) is 5.02 Å². The molecule has 0 aliphatic carbocycles. The molecule has 1 aromatic heterocycles. The smallest absolute Gasteiger partial charge is 0.326 e. The molecule has 0 radical (unpaired) electrons. The van der Waals surface area contributed by atoms with Crippen LogP contribution in [0.5, 0.6) is 0 Å². The molecule has 118 valence electrons. The Morgan fingerprint density at radius 3 is 2.70 bits per heavy atom. The topological polar surface area (TPSA) is 44.1 Å². The van der Waals surface area contributed by atoms with E-state index >= 15 is 0 Å². The van der Waals surface area contributed by atoms with Crippen LogP contribution in [0.25, 0.3) is 11.0 Å². The number of nitrogens with zero attached hydrogens (tertiary/aromatic N) is 2. The lowest BCUT2D eigenvalue weighted by Gasteiger charge is -2.15. The molecule has 23 heavy (non-hydrogen) atoms. The quantitative estimate of drug-likeness (QED) is 0.671.